The van der Waals surface area contributed by atoms with Crippen molar-refractivity contribution in [3.63, 3.8) is 0 Å². The monoisotopic (exact) mass is 891 g/mol. The summed E-state index contributed by atoms with van der Waals surface area (Å²) in [6, 6.07) is 77.3. The van der Waals surface area contributed by atoms with Crippen LogP contribution in [0.15, 0.2) is 206 Å². The van der Waals surface area contributed by atoms with Crippen molar-refractivity contribution in [2.45, 2.75) is 116 Å². The Morgan fingerprint density at radius 1 is 0.309 bits per heavy atom. The molecule has 8 aromatic carbocycles. The molecule has 0 amide bonds. The summed E-state index contributed by atoms with van der Waals surface area (Å²) in [5.41, 5.74) is 17.6. The molecule has 0 saturated heterocycles. The van der Waals surface area contributed by atoms with Crippen molar-refractivity contribution >= 4 is 34.1 Å². The maximum absolute atomic E-state index is 2.42. The van der Waals surface area contributed by atoms with Crippen LogP contribution >= 0.6 is 0 Å². The molecule has 0 heterocycles. The number of para-hydroxylation sites is 2. The lowest BCUT2D eigenvalue weighted by Crippen LogP contribution is -2.30. The number of rotatable bonds is 20. The summed E-state index contributed by atoms with van der Waals surface area (Å²) < 4.78 is 0. The second-order valence-electron chi connectivity index (χ2n) is 19.2. The van der Waals surface area contributed by atoms with Crippen LogP contribution in [-0.2, 0) is 18.3 Å². The fourth-order valence-electron chi connectivity index (χ4n) is 10.7. The van der Waals surface area contributed by atoms with E-state index in [1.165, 1.54) is 127 Å². The van der Waals surface area contributed by atoms with Gasteiger partial charge in [-0.05, 0) is 156 Å². The topological polar surface area (TPSA) is 6.48 Å². The van der Waals surface area contributed by atoms with Gasteiger partial charge in [0.25, 0.3) is 0 Å². The Morgan fingerprint density at radius 3 is 0.956 bits per heavy atom. The number of hydrogen-bond acceptors (Lipinski definition) is 2. The molecule has 344 valence electrons. The maximum Gasteiger partial charge on any atom is 0.0462 e. The lowest BCUT2D eigenvalue weighted by molar-refractivity contribution is 0.346. The minimum atomic E-state index is -0.0378. The molecule has 0 N–H and O–H groups in total. The molecule has 0 unspecified atom stereocenters. The van der Waals surface area contributed by atoms with Gasteiger partial charge < -0.3 is 9.80 Å². The van der Waals surface area contributed by atoms with Crippen LogP contribution in [0.5, 0.6) is 0 Å². The summed E-state index contributed by atoms with van der Waals surface area (Å²) >= 11 is 0. The van der Waals surface area contributed by atoms with Crippen LogP contribution in [0, 0.1) is 0 Å². The van der Waals surface area contributed by atoms with Gasteiger partial charge in [0.1, 0.15) is 0 Å². The molecule has 2 nitrogen and oxygen atoms in total. The zero-order chi connectivity index (χ0) is 46.4. The van der Waals surface area contributed by atoms with Crippen molar-refractivity contribution in [3.8, 4) is 22.3 Å². The summed E-state index contributed by atoms with van der Waals surface area (Å²) in [6.07, 6.45) is 18.8. The number of benzene rings is 8. The van der Waals surface area contributed by atoms with Gasteiger partial charge in [0.2, 0.25) is 0 Å². The molecule has 0 bridgehead atoms. The Bertz CT molecular complexity index is 2530. The summed E-state index contributed by atoms with van der Waals surface area (Å²) in [5.74, 6) is 0. The van der Waals surface area contributed by atoms with Crippen LogP contribution in [0.3, 0.4) is 0 Å². The minimum absolute atomic E-state index is 0.0378. The van der Waals surface area contributed by atoms with Gasteiger partial charge in [0.05, 0.1) is 0 Å². The average molecular weight is 891 g/mol. The Labute approximate surface area is 408 Å². The van der Waals surface area contributed by atoms with Gasteiger partial charge in [-0.15, -0.1) is 0 Å². The molecular formula is C66H70N2. The van der Waals surface area contributed by atoms with Gasteiger partial charge in [0, 0.05) is 39.5 Å². The van der Waals surface area contributed by atoms with Crippen molar-refractivity contribution in [1.82, 2.24) is 0 Å². The second-order valence-corrected chi connectivity index (χ2v) is 19.2. The molecule has 9 rings (SSSR count). The molecule has 1 fully saturated rings. The Kier molecular flexibility index (Phi) is 15.7. The highest BCUT2D eigenvalue weighted by molar-refractivity contribution is 5.80. The molecule has 0 spiro atoms. The fraction of sp³-hybridized carbons (Fsp3) is 0.273. The van der Waals surface area contributed by atoms with E-state index in [2.05, 4.69) is 230 Å². The highest BCUT2D eigenvalue weighted by Crippen LogP contribution is 2.47. The van der Waals surface area contributed by atoms with Gasteiger partial charge in [-0.1, -0.05) is 205 Å². The fourth-order valence-corrected chi connectivity index (χ4v) is 10.7. The van der Waals surface area contributed by atoms with Crippen molar-refractivity contribution < 1.29 is 0 Å². The molecule has 2 heteroatoms. The first kappa shape index (κ1) is 46.5. The van der Waals surface area contributed by atoms with Gasteiger partial charge in [-0.2, -0.15) is 0 Å². The molecule has 68 heavy (non-hydrogen) atoms. The highest BCUT2D eigenvalue weighted by Gasteiger charge is 2.36. The molecule has 0 aromatic heterocycles. The predicted octanol–water partition coefficient (Wildman–Crippen LogP) is 19.5. The van der Waals surface area contributed by atoms with E-state index in [0.717, 1.165) is 48.4 Å². The van der Waals surface area contributed by atoms with Crippen LogP contribution in [0.25, 0.3) is 22.3 Å². The van der Waals surface area contributed by atoms with Crippen molar-refractivity contribution in [3.05, 3.63) is 229 Å². The number of hydrogen-bond donors (Lipinski definition) is 0. The van der Waals surface area contributed by atoms with E-state index in [4.69, 9.17) is 0 Å². The van der Waals surface area contributed by atoms with E-state index in [-0.39, 0.29) is 5.41 Å². The standard InChI is InChI=1S/C66H70N2/c1-3-5-7-12-20-52-26-30-54(31-27-52)56-34-42-62(43-35-56)67(60-22-14-9-15-23-60)64-46-38-58(39-47-64)66(50-18-11-19-51-66)59-40-48-65(49-41-59)68(61-24-16-10-17-25-61)63-44-36-57(37-45-63)55-32-28-53(29-33-55)21-13-8-6-4-2/h9-10,14-17,22-49H,3-8,11-13,18-21,50-51H2,1-2H3. The third-order valence-electron chi connectivity index (χ3n) is 14.6. The smallest absolute Gasteiger partial charge is 0.0462 e. The van der Waals surface area contributed by atoms with E-state index in [1.54, 1.807) is 0 Å². The first-order valence-corrected chi connectivity index (χ1v) is 25.9. The minimum Gasteiger partial charge on any atom is -0.311 e. The summed E-state index contributed by atoms with van der Waals surface area (Å²) in [6.45, 7) is 4.55. The second kappa shape index (κ2) is 22.9. The molecule has 0 radical (unpaired) electrons. The molecule has 1 aliphatic carbocycles. The summed E-state index contributed by atoms with van der Waals surface area (Å²) in [7, 11) is 0. The van der Waals surface area contributed by atoms with Crippen LogP contribution in [0.1, 0.15) is 120 Å². The zero-order valence-corrected chi connectivity index (χ0v) is 40.6. The lowest BCUT2D eigenvalue weighted by atomic mass is 9.65. The third kappa shape index (κ3) is 11.0. The SMILES string of the molecule is CCCCCCc1ccc(-c2ccc(N(c3ccccc3)c3ccc(C4(c5ccc(N(c6ccccc6)c6ccc(-c7ccc(CCCCCC)cc7)cc6)cc5)CCCCC4)cc3)cc2)cc1. The van der Waals surface area contributed by atoms with Crippen LogP contribution in [0.2, 0.25) is 0 Å². The first-order valence-electron chi connectivity index (χ1n) is 25.9. The zero-order valence-electron chi connectivity index (χ0n) is 40.6. The Hall–Kier alpha value is -6.64. The average Bonchev–Trinajstić information content (AvgIpc) is 3.41. The van der Waals surface area contributed by atoms with E-state index in [1.807, 2.05) is 0 Å². The largest absolute Gasteiger partial charge is 0.311 e. The van der Waals surface area contributed by atoms with Crippen molar-refractivity contribution in [2.24, 2.45) is 0 Å². The lowest BCUT2D eigenvalue weighted by Gasteiger charge is -2.39. The van der Waals surface area contributed by atoms with E-state index >= 15 is 0 Å². The summed E-state index contributed by atoms with van der Waals surface area (Å²) in [5, 5.41) is 0. The summed E-state index contributed by atoms with van der Waals surface area (Å²) in [4.78, 5) is 4.79. The van der Waals surface area contributed by atoms with Gasteiger partial charge >= 0.3 is 0 Å². The predicted molar refractivity (Wildman–Crippen MR) is 293 cm³/mol. The first-order chi connectivity index (χ1) is 33.6. The van der Waals surface area contributed by atoms with Gasteiger partial charge in [0.15, 0.2) is 0 Å². The van der Waals surface area contributed by atoms with E-state index in [9.17, 15) is 0 Å². The highest BCUT2D eigenvalue weighted by atomic mass is 15.1. The van der Waals surface area contributed by atoms with Crippen LogP contribution < -0.4 is 9.80 Å². The molecule has 0 aliphatic heterocycles. The van der Waals surface area contributed by atoms with Crippen molar-refractivity contribution in [1.29, 1.82) is 0 Å². The number of aryl methyl sites for hydroxylation is 2. The Morgan fingerprint density at radius 2 is 0.618 bits per heavy atom. The van der Waals surface area contributed by atoms with Crippen molar-refractivity contribution in [2.75, 3.05) is 9.80 Å². The van der Waals surface area contributed by atoms with E-state index in [0.29, 0.717) is 0 Å². The van der Waals surface area contributed by atoms with Gasteiger partial charge in [-0.25, -0.2) is 0 Å². The maximum atomic E-state index is 2.42. The van der Waals surface area contributed by atoms with Gasteiger partial charge in [-0.3, -0.25) is 0 Å². The third-order valence-corrected chi connectivity index (χ3v) is 14.6. The molecule has 1 saturated carbocycles. The molecular weight excluding hydrogens is 821 g/mol. The normalized spacial score (nSPS) is 13.3. The molecule has 1 aliphatic rings. The van der Waals surface area contributed by atoms with Crippen LogP contribution in [-0.4, -0.2) is 0 Å². The molecule has 0 atom stereocenters. The Balaban J connectivity index is 0.958. The van der Waals surface area contributed by atoms with E-state index < -0.39 is 0 Å². The number of nitrogens with zero attached hydrogens (tertiary/aromatic N) is 2. The quantitative estimate of drug-likeness (QED) is 0.0704. The number of unbranched alkanes of at least 4 members (excludes halogenated alkanes) is 6. The number of anilines is 6. The molecule has 8 aromatic rings. The van der Waals surface area contributed by atoms with Crippen LogP contribution in [0.4, 0.5) is 34.1 Å².